The average Bonchev–Trinajstić information content (AvgIpc) is 3.32. The van der Waals surface area contributed by atoms with E-state index >= 15 is 0 Å². The van der Waals surface area contributed by atoms with Crippen molar-refractivity contribution in [3.8, 4) is 0 Å². The molecule has 376 valence electrons. The normalized spacial score (nSPS) is 13.1. The number of ether oxygens (including phenoxy) is 3. The van der Waals surface area contributed by atoms with Crippen molar-refractivity contribution in [2.75, 3.05) is 19.8 Å². The van der Waals surface area contributed by atoms with Gasteiger partial charge in [-0.25, -0.2) is 0 Å². The summed E-state index contributed by atoms with van der Waals surface area (Å²) in [5.41, 5.74) is 0. The maximum absolute atomic E-state index is 12.8. The molecule has 5 heteroatoms. The standard InChI is InChI=1S/C61H102O5/c1-4-7-10-13-16-19-22-25-28-31-33-36-39-42-45-48-51-54-60(62)65-58-59(57-64-56-53-50-47-44-41-38-35-30-27-24-21-18-15-12-9-6-3)66-61(63)55-52-49-46-43-40-37-34-32-29-26-23-20-17-14-11-8-5-2/h7,9-10,12,16-21,25-30,38,41,59H,4-6,8,11,13-15,22-24,31-37,39-40,42-58H2,1-3H3/b10-7-,12-9-,19-16-,20-17-,21-18-,28-25-,29-26-,30-27-,41-38-. The van der Waals surface area contributed by atoms with E-state index in [4.69, 9.17) is 14.2 Å². The Morgan fingerprint density at radius 1 is 0.348 bits per heavy atom. The lowest BCUT2D eigenvalue weighted by atomic mass is 10.1. The zero-order chi connectivity index (χ0) is 47.7. The van der Waals surface area contributed by atoms with Crippen LogP contribution in [0, 0.1) is 0 Å². The monoisotopic (exact) mass is 915 g/mol. The highest BCUT2D eigenvalue weighted by molar-refractivity contribution is 5.70. The molecule has 5 nitrogen and oxygen atoms in total. The first kappa shape index (κ1) is 62.6. The minimum Gasteiger partial charge on any atom is -0.462 e. The van der Waals surface area contributed by atoms with Crippen LogP contribution in [0.2, 0.25) is 0 Å². The molecule has 0 N–H and O–H groups in total. The lowest BCUT2D eigenvalue weighted by Gasteiger charge is -2.18. The zero-order valence-corrected chi connectivity index (χ0v) is 43.2. The van der Waals surface area contributed by atoms with E-state index in [-0.39, 0.29) is 25.2 Å². The van der Waals surface area contributed by atoms with Gasteiger partial charge in [0, 0.05) is 19.4 Å². The third-order valence-electron chi connectivity index (χ3n) is 11.3. The van der Waals surface area contributed by atoms with Crippen molar-refractivity contribution >= 4 is 11.9 Å². The highest BCUT2D eigenvalue weighted by Crippen LogP contribution is 2.14. The van der Waals surface area contributed by atoms with Crippen molar-refractivity contribution in [3.05, 3.63) is 109 Å². The predicted octanol–water partition coefficient (Wildman–Crippen LogP) is 18.8. The van der Waals surface area contributed by atoms with E-state index in [1.807, 2.05) is 0 Å². The van der Waals surface area contributed by atoms with Crippen molar-refractivity contribution in [2.24, 2.45) is 0 Å². The molecule has 0 spiro atoms. The molecule has 0 aliphatic rings. The minimum atomic E-state index is -0.569. The third-order valence-corrected chi connectivity index (χ3v) is 11.3. The Kier molecular flexibility index (Phi) is 53.0. The quantitative estimate of drug-likeness (QED) is 0.0346. The summed E-state index contributed by atoms with van der Waals surface area (Å²) in [6.07, 6.45) is 76.7. The third kappa shape index (κ3) is 53.2. The Morgan fingerprint density at radius 3 is 1.09 bits per heavy atom. The molecule has 0 aliphatic carbocycles. The van der Waals surface area contributed by atoms with Gasteiger partial charge in [0.25, 0.3) is 0 Å². The fraction of sp³-hybridized carbons (Fsp3) is 0.672. The molecule has 0 heterocycles. The van der Waals surface area contributed by atoms with Crippen LogP contribution in [0.25, 0.3) is 0 Å². The maximum Gasteiger partial charge on any atom is 0.306 e. The number of unbranched alkanes of at least 4 members (excludes halogenated alkanes) is 20. The van der Waals surface area contributed by atoms with E-state index in [0.717, 1.165) is 128 Å². The molecule has 1 unspecified atom stereocenters. The second-order valence-electron chi connectivity index (χ2n) is 17.7. The van der Waals surface area contributed by atoms with Crippen LogP contribution in [0.15, 0.2) is 109 Å². The molecule has 0 saturated carbocycles. The van der Waals surface area contributed by atoms with Crippen molar-refractivity contribution in [3.63, 3.8) is 0 Å². The molecule has 0 amide bonds. The topological polar surface area (TPSA) is 61.8 Å². The fourth-order valence-corrected chi connectivity index (χ4v) is 7.25. The smallest absolute Gasteiger partial charge is 0.306 e. The number of rotatable bonds is 49. The number of allylic oxidation sites excluding steroid dienone is 18. The molecule has 0 aliphatic heterocycles. The predicted molar refractivity (Wildman–Crippen MR) is 288 cm³/mol. The van der Waals surface area contributed by atoms with Gasteiger partial charge >= 0.3 is 11.9 Å². The van der Waals surface area contributed by atoms with Crippen LogP contribution in [-0.4, -0.2) is 37.9 Å². The van der Waals surface area contributed by atoms with Crippen molar-refractivity contribution in [1.29, 1.82) is 0 Å². The minimum absolute atomic E-state index is 0.0579. The van der Waals surface area contributed by atoms with Crippen LogP contribution in [0.3, 0.4) is 0 Å². The summed E-state index contributed by atoms with van der Waals surface area (Å²) in [7, 11) is 0. The molecule has 1 atom stereocenters. The molecule has 66 heavy (non-hydrogen) atoms. The highest BCUT2D eigenvalue weighted by atomic mass is 16.6. The van der Waals surface area contributed by atoms with Gasteiger partial charge in [-0.3, -0.25) is 9.59 Å². The Morgan fingerprint density at radius 2 is 0.682 bits per heavy atom. The van der Waals surface area contributed by atoms with Crippen LogP contribution in [0.1, 0.15) is 239 Å². The maximum atomic E-state index is 12.8. The molecule has 0 radical (unpaired) electrons. The number of carbonyl (C=O) groups is 2. The summed E-state index contributed by atoms with van der Waals surface area (Å²) in [5, 5.41) is 0. The van der Waals surface area contributed by atoms with Gasteiger partial charge in [-0.05, 0) is 122 Å². The lowest BCUT2D eigenvalue weighted by Crippen LogP contribution is -2.30. The number of hydrogen-bond acceptors (Lipinski definition) is 5. The molecular weight excluding hydrogens is 813 g/mol. The highest BCUT2D eigenvalue weighted by Gasteiger charge is 2.17. The number of hydrogen-bond donors (Lipinski definition) is 0. The summed E-state index contributed by atoms with van der Waals surface area (Å²) in [6, 6.07) is 0. The van der Waals surface area contributed by atoms with E-state index in [9.17, 15) is 9.59 Å². The van der Waals surface area contributed by atoms with E-state index in [1.54, 1.807) is 0 Å². The molecule has 0 aromatic rings. The molecule has 0 rings (SSSR count). The van der Waals surface area contributed by atoms with E-state index in [0.29, 0.717) is 19.4 Å². The van der Waals surface area contributed by atoms with Gasteiger partial charge in [-0.2, -0.15) is 0 Å². The van der Waals surface area contributed by atoms with E-state index in [2.05, 4.69) is 130 Å². The summed E-state index contributed by atoms with van der Waals surface area (Å²) in [4.78, 5) is 25.5. The molecule has 0 fully saturated rings. The van der Waals surface area contributed by atoms with Gasteiger partial charge in [-0.1, -0.05) is 214 Å². The van der Waals surface area contributed by atoms with Crippen LogP contribution < -0.4 is 0 Å². The number of carbonyl (C=O) groups excluding carboxylic acids is 2. The first-order valence-electron chi connectivity index (χ1n) is 27.4. The summed E-state index contributed by atoms with van der Waals surface area (Å²) in [6.45, 7) is 7.49. The van der Waals surface area contributed by atoms with Crippen LogP contribution in [0.5, 0.6) is 0 Å². The molecule has 0 aromatic heterocycles. The van der Waals surface area contributed by atoms with Gasteiger partial charge < -0.3 is 14.2 Å². The van der Waals surface area contributed by atoms with Gasteiger partial charge in [0.2, 0.25) is 0 Å². The van der Waals surface area contributed by atoms with Gasteiger partial charge in [-0.15, -0.1) is 0 Å². The van der Waals surface area contributed by atoms with Crippen LogP contribution in [-0.2, 0) is 23.8 Å². The summed E-state index contributed by atoms with van der Waals surface area (Å²) in [5.74, 6) is -0.438. The lowest BCUT2D eigenvalue weighted by molar-refractivity contribution is -0.163. The van der Waals surface area contributed by atoms with Crippen molar-refractivity contribution in [1.82, 2.24) is 0 Å². The summed E-state index contributed by atoms with van der Waals surface area (Å²) < 4.78 is 17.4. The Hall–Kier alpha value is -3.44. The fourth-order valence-electron chi connectivity index (χ4n) is 7.25. The Balaban J connectivity index is 4.38. The number of esters is 2. The van der Waals surface area contributed by atoms with E-state index < -0.39 is 6.10 Å². The second kappa shape index (κ2) is 55.9. The second-order valence-corrected chi connectivity index (χ2v) is 17.7. The Labute approximate surface area is 408 Å². The largest absolute Gasteiger partial charge is 0.462 e. The van der Waals surface area contributed by atoms with Gasteiger partial charge in [0.15, 0.2) is 6.10 Å². The van der Waals surface area contributed by atoms with Gasteiger partial charge in [0.1, 0.15) is 6.61 Å². The molecule has 0 bridgehead atoms. The van der Waals surface area contributed by atoms with Crippen molar-refractivity contribution < 1.29 is 23.8 Å². The van der Waals surface area contributed by atoms with Crippen LogP contribution >= 0.6 is 0 Å². The first-order chi connectivity index (χ1) is 32.6. The SMILES string of the molecule is CC/C=C\C/C=C\C/C=C\C/C=C\CCCCCOCC(COC(=O)CCCCCCCCC/C=C\C/C=C\C/C=C\CC)OC(=O)CCCCCCCCC/C=C\C/C=C\CCCCC. The zero-order valence-electron chi connectivity index (χ0n) is 43.2. The van der Waals surface area contributed by atoms with E-state index in [1.165, 1.54) is 77.0 Å². The Bertz CT molecular complexity index is 1310. The molecule has 0 saturated heterocycles. The summed E-state index contributed by atoms with van der Waals surface area (Å²) >= 11 is 0. The average molecular weight is 915 g/mol. The molecule has 0 aromatic carbocycles. The first-order valence-corrected chi connectivity index (χ1v) is 27.4. The van der Waals surface area contributed by atoms with Crippen LogP contribution in [0.4, 0.5) is 0 Å². The van der Waals surface area contributed by atoms with Gasteiger partial charge in [0.05, 0.1) is 6.61 Å². The molecular formula is C61H102O5. The van der Waals surface area contributed by atoms with Crippen molar-refractivity contribution in [2.45, 2.75) is 245 Å².